The van der Waals surface area contributed by atoms with Crippen molar-refractivity contribution in [2.45, 2.75) is 31.3 Å². The molecule has 32 heavy (non-hydrogen) atoms. The molecule has 0 radical (unpaired) electrons. The zero-order valence-electron chi connectivity index (χ0n) is 17.9. The minimum absolute atomic E-state index is 0.0150. The van der Waals surface area contributed by atoms with Crippen LogP contribution in [0.4, 0.5) is 0 Å². The zero-order chi connectivity index (χ0) is 21.9. The number of amides is 2. The molecule has 7 heteroatoms. The van der Waals surface area contributed by atoms with Crippen molar-refractivity contribution >= 4 is 34.5 Å². The molecule has 1 fully saturated rings. The molecule has 1 atom stereocenters. The highest BCUT2D eigenvalue weighted by Gasteiger charge is 2.34. The van der Waals surface area contributed by atoms with Gasteiger partial charge in [0.25, 0.3) is 5.91 Å². The van der Waals surface area contributed by atoms with E-state index in [-0.39, 0.29) is 23.9 Å². The molecule has 5 rings (SSSR count). The number of benzene rings is 1. The van der Waals surface area contributed by atoms with Crippen LogP contribution in [-0.2, 0) is 11.2 Å². The van der Waals surface area contributed by atoms with Crippen LogP contribution >= 0.6 is 22.7 Å². The number of thiophene rings is 2. The number of carbonyl (C=O) groups is 2. The molecule has 2 aromatic heterocycles. The number of rotatable bonds is 5. The molecule has 1 saturated heterocycles. The number of likely N-dealkylation sites (tertiary alicyclic amines) is 1. The Labute approximate surface area is 196 Å². The summed E-state index contributed by atoms with van der Waals surface area (Å²) in [5.74, 6) is 0.186. The van der Waals surface area contributed by atoms with Gasteiger partial charge in [0, 0.05) is 41.0 Å². The quantitative estimate of drug-likeness (QED) is 0.615. The van der Waals surface area contributed by atoms with Gasteiger partial charge in [-0.05, 0) is 59.9 Å². The summed E-state index contributed by atoms with van der Waals surface area (Å²) in [6.45, 7) is 2.87. The van der Waals surface area contributed by atoms with Crippen molar-refractivity contribution in [3.8, 4) is 0 Å². The van der Waals surface area contributed by atoms with Crippen molar-refractivity contribution in [1.82, 2.24) is 15.1 Å². The maximum Gasteiger partial charge on any atom is 0.251 e. The molecule has 0 aliphatic carbocycles. The molecule has 1 aromatic carbocycles. The minimum Gasteiger partial charge on any atom is -0.349 e. The van der Waals surface area contributed by atoms with Crippen molar-refractivity contribution in [2.24, 2.45) is 0 Å². The average molecular weight is 466 g/mol. The summed E-state index contributed by atoms with van der Waals surface area (Å²) < 4.78 is 0. The van der Waals surface area contributed by atoms with Gasteiger partial charge in [-0.1, -0.05) is 24.3 Å². The predicted molar refractivity (Wildman–Crippen MR) is 129 cm³/mol. The fraction of sp³-hybridized carbons (Fsp3) is 0.360. The maximum absolute atomic E-state index is 13.4. The van der Waals surface area contributed by atoms with Crippen molar-refractivity contribution in [2.75, 3.05) is 26.2 Å². The van der Waals surface area contributed by atoms with Gasteiger partial charge in [-0.2, -0.15) is 0 Å². The van der Waals surface area contributed by atoms with Gasteiger partial charge < -0.3 is 10.2 Å². The molecule has 2 amide bonds. The van der Waals surface area contributed by atoms with Crippen LogP contribution in [0.1, 0.15) is 44.6 Å². The molecule has 5 nitrogen and oxygen atoms in total. The Kier molecular flexibility index (Phi) is 6.39. The van der Waals surface area contributed by atoms with E-state index < -0.39 is 0 Å². The molecule has 1 N–H and O–H groups in total. The highest BCUT2D eigenvalue weighted by Crippen LogP contribution is 2.39. The number of piperidine rings is 1. The fourth-order valence-corrected chi connectivity index (χ4v) is 6.47. The molecule has 0 saturated carbocycles. The summed E-state index contributed by atoms with van der Waals surface area (Å²) in [5, 5.41) is 7.38. The predicted octanol–water partition coefficient (Wildman–Crippen LogP) is 4.18. The van der Waals surface area contributed by atoms with E-state index in [1.165, 1.54) is 15.3 Å². The lowest BCUT2D eigenvalue weighted by atomic mass is 9.98. The third-order valence-electron chi connectivity index (χ3n) is 6.42. The lowest BCUT2D eigenvalue weighted by Gasteiger charge is -2.38. The van der Waals surface area contributed by atoms with Crippen LogP contribution < -0.4 is 5.32 Å². The molecule has 166 valence electrons. The van der Waals surface area contributed by atoms with Gasteiger partial charge in [0.15, 0.2) is 0 Å². The second kappa shape index (κ2) is 9.57. The van der Waals surface area contributed by atoms with Gasteiger partial charge in [0.05, 0.1) is 12.6 Å². The number of hydrogen-bond acceptors (Lipinski definition) is 5. The maximum atomic E-state index is 13.4. The number of nitrogens with one attached hydrogen (secondary N) is 1. The van der Waals surface area contributed by atoms with E-state index >= 15 is 0 Å². The lowest BCUT2D eigenvalue weighted by Crippen LogP contribution is -2.49. The standard InChI is InChI=1S/C25H27N3O2S2/c29-23(28-14-10-21-20(11-16-32-21)24(28)22-7-4-15-31-22)17-27-12-8-19(9-13-27)26-25(30)18-5-2-1-3-6-18/h1-7,11,15-16,19,24H,8-10,12-14,17H2,(H,26,30). The number of nitrogens with zero attached hydrogens (tertiary/aromatic N) is 2. The van der Waals surface area contributed by atoms with Gasteiger partial charge in [0.2, 0.25) is 5.91 Å². The summed E-state index contributed by atoms with van der Waals surface area (Å²) in [6, 6.07) is 16.0. The summed E-state index contributed by atoms with van der Waals surface area (Å²) in [6.07, 6.45) is 2.68. The number of carbonyl (C=O) groups excluding carboxylic acids is 2. The van der Waals surface area contributed by atoms with Crippen LogP contribution in [0.2, 0.25) is 0 Å². The van der Waals surface area contributed by atoms with E-state index in [2.05, 4.69) is 44.1 Å². The smallest absolute Gasteiger partial charge is 0.251 e. The van der Waals surface area contributed by atoms with Crippen LogP contribution in [0.25, 0.3) is 0 Å². The third kappa shape index (κ3) is 4.51. The summed E-state index contributed by atoms with van der Waals surface area (Å²) in [7, 11) is 0. The molecular weight excluding hydrogens is 438 g/mol. The van der Waals surface area contributed by atoms with Gasteiger partial charge in [-0.15, -0.1) is 22.7 Å². The van der Waals surface area contributed by atoms with Crippen LogP contribution in [0.15, 0.2) is 59.3 Å². The lowest BCUT2D eigenvalue weighted by molar-refractivity contribution is -0.134. The van der Waals surface area contributed by atoms with E-state index in [1.54, 1.807) is 22.7 Å². The molecule has 2 aliphatic rings. The Balaban J connectivity index is 1.18. The summed E-state index contributed by atoms with van der Waals surface area (Å²) in [5.41, 5.74) is 1.99. The Morgan fingerprint density at radius 2 is 1.75 bits per heavy atom. The Bertz CT molecular complexity index is 1060. The van der Waals surface area contributed by atoms with Gasteiger partial charge >= 0.3 is 0 Å². The molecule has 0 bridgehead atoms. The zero-order valence-corrected chi connectivity index (χ0v) is 19.5. The van der Waals surface area contributed by atoms with Crippen molar-refractivity contribution in [3.05, 3.63) is 80.2 Å². The first-order valence-electron chi connectivity index (χ1n) is 11.2. The minimum atomic E-state index is -0.0150. The SMILES string of the molecule is O=C(NC1CCN(CC(=O)N2CCc3sccc3C2c2cccs2)CC1)c1ccccc1. The first kappa shape index (κ1) is 21.4. The number of hydrogen-bond donors (Lipinski definition) is 1. The van der Waals surface area contributed by atoms with Gasteiger partial charge in [0.1, 0.15) is 0 Å². The highest BCUT2D eigenvalue weighted by molar-refractivity contribution is 7.10. The van der Waals surface area contributed by atoms with Crippen LogP contribution in [0.5, 0.6) is 0 Å². The van der Waals surface area contributed by atoms with Crippen LogP contribution in [0, 0.1) is 0 Å². The summed E-state index contributed by atoms with van der Waals surface area (Å²) in [4.78, 5) is 32.7. The first-order valence-corrected chi connectivity index (χ1v) is 12.9. The molecule has 1 unspecified atom stereocenters. The van der Waals surface area contributed by atoms with Gasteiger partial charge in [-0.25, -0.2) is 0 Å². The Hall–Kier alpha value is -2.48. The van der Waals surface area contributed by atoms with E-state index in [0.717, 1.165) is 38.9 Å². The molecular formula is C25H27N3O2S2. The molecule has 2 aliphatic heterocycles. The van der Waals surface area contributed by atoms with Crippen molar-refractivity contribution in [3.63, 3.8) is 0 Å². The molecule has 0 spiro atoms. The normalized spacial score (nSPS) is 19.5. The average Bonchev–Trinajstić information content (AvgIpc) is 3.52. The van der Waals surface area contributed by atoms with Crippen LogP contribution in [0.3, 0.4) is 0 Å². The topological polar surface area (TPSA) is 52.7 Å². The van der Waals surface area contributed by atoms with Gasteiger partial charge in [-0.3, -0.25) is 14.5 Å². The second-order valence-electron chi connectivity index (χ2n) is 8.44. The molecule has 4 heterocycles. The summed E-state index contributed by atoms with van der Waals surface area (Å²) >= 11 is 3.53. The van der Waals surface area contributed by atoms with E-state index in [0.29, 0.717) is 12.1 Å². The third-order valence-corrected chi connectivity index (χ3v) is 8.34. The van der Waals surface area contributed by atoms with Crippen molar-refractivity contribution in [1.29, 1.82) is 0 Å². The van der Waals surface area contributed by atoms with E-state index in [1.807, 2.05) is 30.3 Å². The Morgan fingerprint density at radius 3 is 2.50 bits per heavy atom. The number of fused-ring (bicyclic) bond motifs is 1. The second-order valence-corrected chi connectivity index (χ2v) is 10.4. The monoisotopic (exact) mass is 465 g/mol. The van der Waals surface area contributed by atoms with E-state index in [4.69, 9.17) is 0 Å². The first-order chi connectivity index (χ1) is 15.7. The fourth-order valence-electron chi connectivity index (χ4n) is 4.71. The van der Waals surface area contributed by atoms with Crippen molar-refractivity contribution < 1.29 is 9.59 Å². The highest BCUT2D eigenvalue weighted by atomic mass is 32.1. The largest absolute Gasteiger partial charge is 0.349 e. The van der Waals surface area contributed by atoms with Crippen LogP contribution in [-0.4, -0.2) is 53.8 Å². The van der Waals surface area contributed by atoms with E-state index in [9.17, 15) is 9.59 Å². The molecule has 3 aromatic rings. The Morgan fingerprint density at radius 1 is 0.938 bits per heavy atom.